The average molecular weight is 471 g/mol. The van der Waals surface area contributed by atoms with Crippen LogP contribution in [0.25, 0.3) is 0 Å². The van der Waals surface area contributed by atoms with Gasteiger partial charge in [-0.2, -0.15) is 0 Å². The van der Waals surface area contributed by atoms with Gasteiger partial charge in [0.25, 0.3) is 15.9 Å². The Morgan fingerprint density at radius 1 is 0.879 bits per heavy atom. The minimum absolute atomic E-state index is 0.0650. The lowest BCUT2D eigenvalue weighted by molar-refractivity contribution is -0.123. The molecule has 33 heavy (non-hydrogen) atoms. The Morgan fingerprint density at radius 2 is 1.52 bits per heavy atom. The molecule has 0 aliphatic carbocycles. The lowest BCUT2D eigenvalue weighted by Crippen LogP contribution is -2.31. The van der Waals surface area contributed by atoms with Gasteiger partial charge < -0.3 is 19.5 Å². The van der Waals surface area contributed by atoms with E-state index in [9.17, 15) is 13.2 Å². The molecule has 0 aliphatic rings. The van der Waals surface area contributed by atoms with Crippen LogP contribution in [-0.2, 0) is 14.8 Å². The van der Waals surface area contributed by atoms with Gasteiger partial charge >= 0.3 is 0 Å². The van der Waals surface area contributed by atoms with Crippen LogP contribution in [0.4, 0.5) is 5.69 Å². The molecule has 3 aromatic rings. The molecule has 3 rings (SSSR count). The van der Waals surface area contributed by atoms with Gasteiger partial charge in [-0.05, 0) is 61.0 Å². The van der Waals surface area contributed by atoms with Gasteiger partial charge in [-0.15, -0.1) is 0 Å². The molecular formula is C24H26N2O6S. The largest absolute Gasteiger partial charge is 0.497 e. The van der Waals surface area contributed by atoms with E-state index in [0.29, 0.717) is 17.2 Å². The number of anilines is 1. The fraction of sp³-hybridized carbons (Fsp3) is 0.208. The predicted molar refractivity (Wildman–Crippen MR) is 125 cm³/mol. The maximum absolute atomic E-state index is 12.6. The Hall–Kier alpha value is -3.72. The predicted octanol–water partition coefficient (Wildman–Crippen LogP) is 3.76. The summed E-state index contributed by atoms with van der Waals surface area (Å²) in [6, 6.07) is 19.6. The second-order valence-electron chi connectivity index (χ2n) is 7.16. The molecule has 0 spiro atoms. The smallest absolute Gasteiger partial charge is 0.261 e. The van der Waals surface area contributed by atoms with Gasteiger partial charge in [0, 0.05) is 6.07 Å². The summed E-state index contributed by atoms with van der Waals surface area (Å²) in [7, 11) is -0.687. The molecule has 0 aliphatic heterocycles. The van der Waals surface area contributed by atoms with E-state index < -0.39 is 10.0 Å². The first-order valence-electron chi connectivity index (χ1n) is 10.1. The molecule has 1 atom stereocenters. The van der Waals surface area contributed by atoms with Gasteiger partial charge in [0.1, 0.15) is 17.2 Å². The Balaban J connectivity index is 1.54. The minimum Gasteiger partial charge on any atom is -0.497 e. The van der Waals surface area contributed by atoms with Gasteiger partial charge in [-0.25, -0.2) is 8.42 Å². The summed E-state index contributed by atoms with van der Waals surface area (Å²) in [5.74, 6) is 1.36. The van der Waals surface area contributed by atoms with Crippen LogP contribution >= 0.6 is 0 Å². The number of methoxy groups -OCH3 is 2. The highest BCUT2D eigenvalue weighted by molar-refractivity contribution is 7.92. The van der Waals surface area contributed by atoms with Crippen molar-refractivity contribution in [2.24, 2.45) is 0 Å². The number of sulfonamides is 1. The molecule has 9 heteroatoms. The van der Waals surface area contributed by atoms with E-state index in [2.05, 4.69) is 10.0 Å². The molecule has 3 aromatic carbocycles. The zero-order chi connectivity index (χ0) is 23.8. The molecule has 0 unspecified atom stereocenters. The number of nitrogens with one attached hydrogen (secondary N) is 2. The number of hydrogen-bond acceptors (Lipinski definition) is 6. The summed E-state index contributed by atoms with van der Waals surface area (Å²) < 4.78 is 43.5. The standard InChI is InChI=1S/C24H26N2O6S/c1-17(18-7-9-20(30-2)10-8-18)25-24(27)16-32-21-11-13-23(14-12-21)33(28,29)26-19-5-4-6-22(15-19)31-3/h4-15,17,26H,16H2,1-3H3,(H,25,27)/t17-/m1/s1. The van der Waals surface area contributed by atoms with E-state index >= 15 is 0 Å². The van der Waals surface area contributed by atoms with Crippen molar-refractivity contribution in [3.8, 4) is 17.2 Å². The van der Waals surface area contributed by atoms with Crippen molar-refractivity contribution in [1.82, 2.24) is 5.32 Å². The average Bonchev–Trinajstić information content (AvgIpc) is 2.83. The van der Waals surface area contributed by atoms with Gasteiger partial charge in [-0.3, -0.25) is 9.52 Å². The normalized spacial score (nSPS) is 11.8. The van der Waals surface area contributed by atoms with Gasteiger partial charge in [-0.1, -0.05) is 18.2 Å². The maximum Gasteiger partial charge on any atom is 0.261 e. The number of carbonyl (C=O) groups excluding carboxylic acids is 1. The van der Waals surface area contributed by atoms with E-state index in [1.807, 2.05) is 31.2 Å². The minimum atomic E-state index is -3.79. The zero-order valence-corrected chi connectivity index (χ0v) is 19.4. The first kappa shape index (κ1) is 23.9. The molecule has 0 radical (unpaired) electrons. The van der Waals surface area contributed by atoms with Crippen molar-refractivity contribution in [1.29, 1.82) is 0 Å². The highest BCUT2D eigenvalue weighted by atomic mass is 32.2. The second-order valence-corrected chi connectivity index (χ2v) is 8.84. The number of rotatable bonds is 10. The van der Waals surface area contributed by atoms with E-state index in [0.717, 1.165) is 11.3 Å². The Kier molecular flexibility index (Phi) is 7.78. The molecule has 0 saturated heterocycles. The topological polar surface area (TPSA) is 103 Å². The van der Waals surface area contributed by atoms with Crippen molar-refractivity contribution in [3.05, 3.63) is 78.4 Å². The summed E-state index contributed by atoms with van der Waals surface area (Å²) in [6.07, 6.45) is 0. The van der Waals surface area contributed by atoms with Crippen LogP contribution in [0.15, 0.2) is 77.7 Å². The molecule has 1 amide bonds. The van der Waals surface area contributed by atoms with E-state index in [1.54, 1.807) is 31.4 Å². The third kappa shape index (κ3) is 6.63. The third-order valence-electron chi connectivity index (χ3n) is 4.82. The number of carbonyl (C=O) groups is 1. The molecule has 0 saturated carbocycles. The highest BCUT2D eigenvalue weighted by Gasteiger charge is 2.15. The van der Waals surface area contributed by atoms with Crippen LogP contribution < -0.4 is 24.2 Å². The molecule has 174 valence electrons. The molecule has 0 fully saturated rings. The first-order chi connectivity index (χ1) is 15.8. The van der Waals surface area contributed by atoms with E-state index in [1.165, 1.54) is 31.4 Å². The summed E-state index contributed by atoms with van der Waals surface area (Å²) in [5, 5.41) is 2.86. The number of ether oxygens (including phenoxy) is 3. The lowest BCUT2D eigenvalue weighted by Gasteiger charge is -2.15. The van der Waals surface area contributed by atoms with Crippen molar-refractivity contribution in [3.63, 3.8) is 0 Å². The summed E-state index contributed by atoms with van der Waals surface area (Å²) in [4.78, 5) is 12.3. The molecule has 8 nitrogen and oxygen atoms in total. The number of amides is 1. The molecular weight excluding hydrogens is 444 g/mol. The Bertz CT molecular complexity index is 1180. The highest BCUT2D eigenvalue weighted by Crippen LogP contribution is 2.22. The summed E-state index contributed by atoms with van der Waals surface area (Å²) in [6.45, 7) is 1.67. The van der Waals surface area contributed by atoms with Crippen LogP contribution in [0.2, 0.25) is 0 Å². The van der Waals surface area contributed by atoms with Crippen LogP contribution in [-0.4, -0.2) is 35.2 Å². The van der Waals surface area contributed by atoms with Crippen molar-refractivity contribution < 1.29 is 27.4 Å². The fourth-order valence-electron chi connectivity index (χ4n) is 3.02. The van der Waals surface area contributed by atoms with Crippen molar-refractivity contribution >= 4 is 21.6 Å². The monoisotopic (exact) mass is 470 g/mol. The summed E-state index contributed by atoms with van der Waals surface area (Å²) >= 11 is 0. The lowest BCUT2D eigenvalue weighted by atomic mass is 10.1. The van der Waals surface area contributed by atoms with Crippen molar-refractivity contribution in [2.45, 2.75) is 17.9 Å². The summed E-state index contributed by atoms with van der Waals surface area (Å²) in [5.41, 5.74) is 1.32. The molecule has 2 N–H and O–H groups in total. The van der Waals surface area contributed by atoms with Gasteiger partial charge in [0.2, 0.25) is 0 Å². The zero-order valence-electron chi connectivity index (χ0n) is 18.6. The first-order valence-corrected chi connectivity index (χ1v) is 11.6. The van der Waals surface area contributed by atoms with E-state index in [-0.39, 0.29) is 23.5 Å². The second kappa shape index (κ2) is 10.7. The Morgan fingerprint density at radius 3 is 2.15 bits per heavy atom. The SMILES string of the molecule is COc1ccc([C@@H](C)NC(=O)COc2ccc(S(=O)(=O)Nc3cccc(OC)c3)cc2)cc1. The third-order valence-corrected chi connectivity index (χ3v) is 6.22. The van der Waals surface area contributed by atoms with Crippen LogP contribution in [0.1, 0.15) is 18.5 Å². The molecule has 0 heterocycles. The number of hydrogen-bond donors (Lipinski definition) is 2. The number of benzene rings is 3. The van der Waals surface area contributed by atoms with E-state index in [4.69, 9.17) is 14.2 Å². The van der Waals surface area contributed by atoms with Crippen LogP contribution in [0, 0.1) is 0 Å². The van der Waals surface area contributed by atoms with Gasteiger partial charge in [0.05, 0.1) is 30.8 Å². The molecule has 0 bridgehead atoms. The molecule has 0 aromatic heterocycles. The maximum atomic E-state index is 12.6. The quantitative estimate of drug-likeness (QED) is 0.468. The van der Waals surface area contributed by atoms with Gasteiger partial charge in [0.15, 0.2) is 6.61 Å². The van der Waals surface area contributed by atoms with Crippen molar-refractivity contribution in [2.75, 3.05) is 25.5 Å². The van der Waals surface area contributed by atoms with Crippen LogP contribution in [0.5, 0.6) is 17.2 Å². The Labute approximate surface area is 193 Å². The van der Waals surface area contributed by atoms with Crippen LogP contribution in [0.3, 0.4) is 0 Å². The fourth-order valence-corrected chi connectivity index (χ4v) is 4.07.